The summed E-state index contributed by atoms with van der Waals surface area (Å²) >= 11 is 0. The van der Waals surface area contributed by atoms with E-state index in [9.17, 15) is 9.59 Å². The van der Waals surface area contributed by atoms with Crippen molar-refractivity contribution in [1.82, 2.24) is 0 Å². The number of benzene rings is 1. The van der Waals surface area contributed by atoms with E-state index >= 15 is 0 Å². The van der Waals surface area contributed by atoms with Crippen LogP contribution in [0.3, 0.4) is 0 Å². The van der Waals surface area contributed by atoms with Crippen molar-refractivity contribution in [3.05, 3.63) is 36.4 Å². The highest BCUT2D eigenvalue weighted by Crippen LogP contribution is 2.21. The molecule has 0 saturated heterocycles. The molecule has 0 aliphatic rings. The van der Waals surface area contributed by atoms with E-state index < -0.39 is 6.09 Å². The van der Waals surface area contributed by atoms with Crippen LogP contribution in [0.2, 0.25) is 0 Å². The number of hydrogen-bond acceptors (Lipinski definition) is 2. The van der Waals surface area contributed by atoms with Crippen LogP contribution in [0.4, 0.5) is 16.2 Å². The van der Waals surface area contributed by atoms with Crippen LogP contribution in [-0.4, -0.2) is 17.1 Å². The molecule has 1 aromatic carbocycles. The van der Waals surface area contributed by atoms with Crippen LogP contribution < -0.4 is 10.6 Å². The number of rotatable bonds is 3. The van der Waals surface area contributed by atoms with Crippen molar-refractivity contribution in [3.63, 3.8) is 0 Å². The zero-order valence-corrected chi connectivity index (χ0v) is 8.78. The summed E-state index contributed by atoms with van der Waals surface area (Å²) in [5.41, 5.74) is 1.08. The lowest BCUT2D eigenvalue weighted by atomic mass is 10.2. The summed E-state index contributed by atoms with van der Waals surface area (Å²) in [4.78, 5) is 21.9. The van der Waals surface area contributed by atoms with E-state index in [0.717, 1.165) is 0 Å². The lowest BCUT2D eigenvalue weighted by Crippen LogP contribution is -2.15. The van der Waals surface area contributed by atoms with Crippen LogP contribution >= 0.6 is 0 Å². The SMILES string of the molecule is C=C(C)C(=O)Nc1ccccc1NC(=O)O. The minimum atomic E-state index is -1.18. The van der Waals surface area contributed by atoms with E-state index in [2.05, 4.69) is 17.2 Å². The number of amides is 2. The third kappa shape index (κ3) is 3.13. The molecule has 0 saturated carbocycles. The van der Waals surface area contributed by atoms with Gasteiger partial charge in [0.1, 0.15) is 0 Å². The molecular weight excluding hydrogens is 208 g/mol. The molecule has 3 N–H and O–H groups in total. The summed E-state index contributed by atoms with van der Waals surface area (Å²) in [5.74, 6) is -0.348. The Morgan fingerprint density at radius 1 is 1.19 bits per heavy atom. The Balaban J connectivity index is 2.90. The molecule has 1 rings (SSSR count). The standard InChI is InChI=1S/C11H12N2O3/c1-7(2)10(14)12-8-5-3-4-6-9(8)13-11(15)16/h3-6,13H,1H2,2H3,(H,12,14)(H,15,16). The summed E-state index contributed by atoms with van der Waals surface area (Å²) in [6.45, 7) is 5.07. The molecule has 2 amide bonds. The van der Waals surface area contributed by atoms with Crippen LogP contribution in [0.15, 0.2) is 36.4 Å². The van der Waals surface area contributed by atoms with Gasteiger partial charge in [-0.15, -0.1) is 0 Å². The van der Waals surface area contributed by atoms with Crippen molar-refractivity contribution in [2.75, 3.05) is 10.6 Å². The zero-order valence-electron chi connectivity index (χ0n) is 8.78. The van der Waals surface area contributed by atoms with Gasteiger partial charge in [0, 0.05) is 5.57 Å². The van der Waals surface area contributed by atoms with Crippen LogP contribution in [0.25, 0.3) is 0 Å². The molecule has 0 heterocycles. The number of nitrogens with one attached hydrogen (secondary N) is 2. The fraction of sp³-hybridized carbons (Fsp3) is 0.0909. The summed E-state index contributed by atoms with van der Waals surface area (Å²) < 4.78 is 0. The molecule has 0 spiro atoms. The second kappa shape index (κ2) is 4.97. The van der Waals surface area contributed by atoms with Crippen molar-refractivity contribution in [2.24, 2.45) is 0 Å². The molecule has 0 fully saturated rings. The first-order valence-corrected chi connectivity index (χ1v) is 4.56. The normalized spacial score (nSPS) is 9.31. The Hall–Kier alpha value is -2.30. The van der Waals surface area contributed by atoms with Gasteiger partial charge in [0.05, 0.1) is 11.4 Å². The number of carbonyl (C=O) groups excluding carboxylic acids is 1. The van der Waals surface area contributed by atoms with E-state index in [1.807, 2.05) is 0 Å². The number of para-hydroxylation sites is 2. The minimum absolute atomic E-state index is 0.324. The van der Waals surface area contributed by atoms with Crippen molar-refractivity contribution >= 4 is 23.4 Å². The fourth-order valence-electron chi connectivity index (χ4n) is 1.05. The first kappa shape index (κ1) is 11.8. The van der Waals surface area contributed by atoms with Gasteiger partial charge in [0.15, 0.2) is 0 Å². The largest absolute Gasteiger partial charge is 0.465 e. The molecule has 1 aromatic rings. The molecule has 0 aromatic heterocycles. The topological polar surface area (TPSA) is 78.4 Å². The summed E-state index contributed by atoms with van der Waals surface area (Å²) in [5, 5.41) is 13.3. The lowest BCUT2D eigenvalue weighted by Gasteiger charge is -2.10. The van der Waals surface area contributed by atoms with Gasteiger partial charge in [-0.05, 0) is 19.1 Å². The van der Waals surface area contributed by atoms with E-state index in [4.69, 9.17) is 5.11 Å². The van der Waals surface area contributed by atoms with Crippen molar-refractivity contribution < 1.29 is 14.7 Å². The fourth-order valence-corrected chi connectivity index (χ4v) is 1.05. The van der Waals surface area contributed by atoms with Crippen LogP contribution in [-0.2, 0) is 4.79 Å². The molecule has 0 unspecified atom stereocenters. The minimum Gasteiger partial charge on any atom is -0.465 e. The molecule has 84 valence electrons. The Morgan fingerprint density at radius 3 is 2.12 bits per heavy atom. The Labute approximate surface area is 92.8 Å². The first-order chi connectivity index (χ1) is 7.50. The van der Waals surface area contributed by atoms with Gasteiger partial charge in [-0.25, -0.2) is 4.79 Å². The highest BCUT2D eigenvalue weighted by atomic mass is 16.4. The maximum Gasteiger partial charge on any atom is 0.409 e. The highest BCUT2D eigenvalue weighted by molar-refractivity contribution is 6.05. The predicted octanol–water partition coefficient (Wildman–Crippen LogP) is 2.29. The Bertz CT molecular complexity index is 441. The van der Waals surface area contributed by atoms with Crippen molar-refractivity contribution in [2.45, 2.75) is 6.92 Å². The van der Waals surface area contributed by atoms with Gasteiger partial charge >= 0.3 is 6.09 Å². The van der Waals surface area contributed by atoms with E-state index in [0.29, 0.717) is 16.9 Å². The number of anilines is 2. The average molecular weight is 220 g/mol. The molecule has 0 bridgehead atoms. The molecule has 0 atom stereocenters. The third-order valence-electron chi connectivity index (χ3n) is 1.80. The van der Waals surface area contributed by atoms with Crippen LogP contribution in [0, 0.1) is 0 Å². The van der Waals surface area contributed by atoms with E-state index in [1.54, 1.807) is 31.2 Å². The Morgan fingerprint density at radius 2 is 1.69 bits per heavy atom. The monoisotopic (exact) mass is 220 g/mol. The maximum absolute atomic E-state index is 11.4. The summed E-state index contributed by atoms with van der Waals surface area (Å²) in [6, 6.07) is 6.52. The van der Waals surface area contributed by atoms with Gasteiger partial charge in [-0.2, -0.15) is 0 Å². The number of hydrogen-bond donors (Lipinski definition) is 3. The Kier molecular flexibility index (Phi) is 3.66. The smallest absolute Gasteiger partial charge is 0.409 e. The molecule has 5 heteroatoms. The van der Waals surface area contributed by atoms with Crippen molar-refractivity contribution in [1.29, 1.82) is 0 Å². The second-order valence-electron chi connectivity index (χ2n) is 3.21. The highest BCUT2D eigenvalue weighted by Gasteiger charge is 2.08. The van der Waals surface area contributed by atoms with Crippen LogP contribution in [0.1, 0.15) is 6.92 Å². The second-order valence-corrected chi connectivity index (χ2v) is 3.21. The van der Waals surface area contributed by atoms with Gasteiger partial charge in [-0.1, -0.05) is 18.7 Å². The number of carboxylic acid groups (broad SMARTS) is 1. The number of carbonyl (C=O) groups is 2. The molecule has 0 aliphatic carbocycles. The third-order valence-corrected chi connectivity index (χ3v) is 1.80. The average Bonchev–Trinajstić information content (AvgIpc) is 2.20. The van der Waals surface area contributed by atoms with Crippen LogP contribution in [0.5, 0.6) is 0 Å². The summed E-state index contributed by atoms with van der Waals surface area (Å²) in [6.07, 6.45) is -1.18. The first-order valence-electron chi connectivity index (χ1n) is 4.56. The molecular formula is C11H12N2O3. The van der Waals surface area contributed by atoms with Gasteiger partial charge in [-0.3, -0.25) is 10.1 Å². The molecule has 0 radical (unpaired) electrons. The van der Waals surface area contributed by atoms with Gasteiger partial charge in [0.25, 0.3) is 5.91 Å². The quantitative estimate of drug-likeness (QED) is 0.684. The van der Waals surface area contributed by atoms with Gasteiger partial charge < -0.3 is 10.4 Å². The van der Waals surface area contributed by atoms with Crippen molar-refractivity contribution in [3.8, 4) is 0 Å². The predicted molar refractivity (Wildman–Crippen MR) is 61.5 cm³/mol. The van der Waals surface area contributed by atoms with E-state index in [-0.39, 0.29) is 5.91 Å². The summed E-state index contributed by atoms with van der Waals surface area (Å²) in [7, 11) is 0. The zero-order chi connectivity index (χ0) is 12.1. The molecule has 16 heavy (non-hydrogen) atoms. The molecule has 5 nitrogen and oxygen atoms in total. The van der Waals surface area contributed by atoms with E-state index in [1.165, 1.54) is 0 Å². The molecule has 0 aliphatic heterocycles. The van der Waals surface area contributed by atoms with Gasteiger partial charge in [0.2, 0.25) is 0 Å². The lowest BCUT2D eigenvalue weighted by molar-refractivity contribution is -0.112. The maximum atomic E-state index is 11.4.